The van der Waals surface area contributed by atoms with Gasteiger partial charge in [0.25, 0.3) is 0 Å². The molecule has 3 aromatic rings. The summed E-state index contributed by atoms with van der Waals surface area (Å²) in [6.45, 7) is 6.02. The first-order valence-electron chi connectivity index (χ1n) is 12.0. The Morgan fingerprint density at radius 3 is 2.48 bits per heavy atom. The third kappa shape index (κ3) is 6.68. The fourth-order valence-corrected chi connectivity index (χ4v) is 4.56. The predicted octanol–water partition coefficient (Wildman–Crippen LogP) is 3.84. The smallest absolute Gasteiger partial charge is 0.191 e. The van der Waals surface area contributed by atoms with Gasteiger partial charge in [0.15, 0.2) is 5.96 Å². The van der Waals surface area contributed by atoms with E-state index < -0.39 is 0 Å². The van der Waals surface area contributed by atoms with Crippen LogP contribution in [0.1, 0.15) is 36.7 Å². The number of imidazole rings is 1. The van der Waals surface area contributed by atoms with E-state index in [1.54, 1.807) is 0 Å². The molecule has 2 unspecified atom stereocenters. The summed E-state index contributed by atoms with van der Waals surface area (Å²) in [6.07, 6.45) is 7.15. The van der Waals surface area contributed by atoms with E-state index in [-0.39, 0.29) is 0 Å². The fraction of sp³-hybridized carbons (Fsp3) is 0.407. The molecule has 174 valence electrons. The van der Waals surface area contributed by atoms with Gasteiger partial charge in [-0.15, -0.1) is 0 Å². The molecule has 0 saturated carbocycles. The minimum absolute atomic E-state index is 0.427. The second kappa shape index (κ2) is 11.7. The lowest BCUT2D eigenvalue weighted by atomic mass is 9.97. The summed E-state index contributed by atoms with van der Waals surface area (Å²) >= 11 is 0. The average Bonchev–Trinajstić information content (AvgIpc) is 3.31. The summed E-state index contributed by atoms with van der Waals surface area (Å²) in [6, 6.07) is 22.3. The minimum atomic E-state index is 0.427. The van der Waals surface area contributed by atoms with E-state index in [1.807, 2.05) is 13.2 Å². The van der Waals surface area contributed by atoms with Crippen LogP contribution in [-0.4, -0.2) is 46.1 Å². The van der Waals surface area contributed by atoms with Gasteiger partial charge in [-0.25, -0.2) is 4.98 Å². The van der Waals surface area contributed by atoms with E-state index in [1.165, 1.54) is 11.1 Å². The Kier molecular flexibility index (Phi) is 8.14. The quantitative estimate of drug-likeness (QED) is 0.409. The van der Waals surface area contributed by atoms with Crippen molar-refractivity contribution in [2.24, 2.45) is 4.99 Å². The molecule has 6 heteroatoms. The normalized spacial score (nSPS) is 19.4. The van der Waals surface area contributed by atoms with E-state index in [0.29, 0.717) is 18.6 Å². The zero-order valence-corrected chi connectivity index (χ0v) is 19.8. The number of piperidine rings is 1. The van der Waals surface area contributed by atoms with Crippen molar-refractivity contribution in [2.45, 2.75) is 57.9 Å². The highest BCUT2D eigenvalue weighted by molar-refractivity contribution is 5.79. The van der Waals surface area contributed by atoms with Gasteiger partial charge in [0.1, 0.15) is 5.82 Å². The molecule has 1 fully saturated rings. The molecule has 33 heavy (non-hydrogen) atoms. The molecule has 0 radical (unpaired) electrons. The first kappa shape index (κ1) is 23.1. The molecular formula is C27H36N6. The fourth-order valence-electron chi connectivity index (χ4n) is 4.56. The molecule has 1 saturated heterocycles. The van der Waals surface area contributed by atoms with Crippen LogP contribution in [0.4, 0.5) is 0 Å². The van der Waals surface area contributed by atoms with Gasteiger partial charge >= 0.3 is 0 Å². The van der Waals surface area contributed by atoms with Crippen molar-refractivity contribution in [3.8, 4) is 0 Å². The van der Waals surface area contributed by atoms with Gasteiger partial charge in [-0.3, -0.25) is 9.89 Å². The van der Waals surface area contributed by atoms with Crippen LogP contribution in [-0.2, 0) is 26.1 Å². The Labute approximate surface area is 197 Å². The predicted molar refractivity (Wildman–Crippen MR) is 135 cm³/mol. The van der Waals surface area contributed by atoms with Crippen molar-refractivity contribution < 1.29 is 0 Å². The molecule has 2 N–H and O–H groups in total. The number of aromatic nitrogens is 2. The van der Waals surface area contributed by atoms with Gasteiger partial charge in [-0.05, 0) is 37.3 Å². The Balaban J connectivity index is 1.24. The molecule has 0 spiro atoms. The number of guanidine groups is 1. The van der Waals surface area contributed by atoms with Crippen LogP contribution in [0.2, 0.25) is 0 Å². The molecule has 0 bridgehead atoms. The van der Waals surface area contributed by atoms with Crippen molar-refractivity contribution in [1.29, 1.82) is 0 Å². The number of nitrogens with one attached hydrogen (secondary N) is 2. The summed E-state index contributed by atoms with van der Waals surface area (Å²) in [7, 11) is 1.84. The number of aryl methyl sites for hydroxylation is 2. The molecule has 0 aliphatic carbocycles. The van der Waals surface area contributed by atoms with Crippen molar-refractivity contribution in [3.63, 3.8) is 0 Å². The van der Waals surface area contributed by atoms with Gasteiger partial charge in [-0.1, -0.05) is 60.7 Å². The largest absolute Gasteiger partial charge is 0.354 e. The maximum atomic E-state index is 4.55. The highest BCUT2D eigenvalue weighted by Crippen LogP contribution is 2.20. The van der Waals surface area contributed by atoms with Crippen LogP contribution in [0, 0.1) is 0 Å². The third-order valence-electron chi connectivity index (χ3n) is 6.51. The second-order valence-corrected chi connectivity index (χ2v) is 8.87. The van der Waals surface area contributed by atoms with E-state index >= 15 is 0 Å². The maximum absolute atomic E-state index is 4.55. The Morgan fingerprint density at radius 1 is 1.06 bits per heavy atom. The van der Waals surface area contributed by atoms with Crippen LogP contribution < -0.4 is 10.6 Å². The zero-order chi connectivity index (χ0) is 22.9. The number of aliphatic imine (C=N–C) groups is 1. The lowest BCUT2D eigenvalue weighted by molar-refractivity contribution is 0.134. The topological polar surface area (TPSA) is 57.5 Å². The monoisotopic (exact) mass is 444 g/mol. The van der Waals surface area contributed by atoms with Crippen molar-refractivity contribution in [2.75, 3.05) is 13.6 Å². The Hall–Kier alpha value is -3.12. The molecule has 2 atom stereocenters. The Morgan fingerprint density at radius 2 is 1.79 bits per heavy atom. The number of hydrogen-bond donors (Lipinski definition) is 2. The minimum Gasteiger partial charge on any atom is -0.354 e. The zero-order valence-electron chi connectivity index (χ0n) is 19.8. The summed E-state index contributed by atoms with van der Waals surface area (Å²) in [5, 5.41) is 7.10. The third-order valence-corrected chi connectivity index (χ3v) is 6.51. The highest BCUT2D eigenvalue weighted by atomic mass is 15.2. The van der Waals surface area contributed by atoms with E-state index in [0.717, 1.165) is 50.7 Å². The second-order valence-electron chi connectivity index (χ2n) is 8.87. The summed E-state index contributed by atoms with van der Waals surface area (Å²) in [5.41, 5.74) is 2.73. The summed E-state index contributed by atoms with van der Waals surface area (Å²) in [4.78, 5) is 11.6. The van der Waals surface area contributed by atoms with Gasteiger partial charge in [0, 0.05) is 51.2 Å². The summed E-state index contributed by atoms with van der Waals surface area (Å²) < 4.78 is 2.22. The Bertz CT molecular complexity index is 998. The average molecular weight is 445 g/mol. The first-order chi connectivity index (χ1) is 16.2. The van der Waals surface area contributed by atoms with Crippen LogP contribution in [0.15, 0.2) is 78.0 Å². The van der Waals surface area contributed by atoms with Crippen molar-refractivity contribution >= 4 is 5.96 Å². The van der Waals surface area contributed by atoms with Crippen LogP contribution in [0.25, 0.3) is 0 Å². The van der Waals surface area contributed by atoms with Crippen LogP contribution in [0.5, 0.6) is 0 Å². The SMILES string of the molecule is CN=C(NCc1nccn1CCc1ccccc1)NC1CCN(Cc2ccccc2)C(C)C1. The molecule has 1 aliphatic rings. The van der Waals surface area contributed by atoms with Gasteiger partial charge in [0.05, 0.1) is 6.54 Å². The number of rotatable bonds is 8. The molecule has 2 heterocycles. The standard InChI is InChI=1S/C27H36N6/c1-22-19-25(14-17-33(22)21-24-11-7-4-8-12-24)31-27(28-2)30-20-26-29-15-18-32(26)16-13-23-9-5-3-6-10-23/h3-12,15,18,22,25H,13-14,16-17,19-21H2,1-2H3,(H2,28,30,31). The van der Waals surface area contributed by atoms with Gasteiger partial charge in [-0.2, -0.15) is 0 Å². The van der Waals surface area contributed by atoms with Crippen molar-refractivity contribution in [3.05, 3.63) is 90.0 Å². The lowest BCUT2D eigenvalue weighted by Gasteiger charge is -2.38. The molecular weight excluding hydrogens is 408 g/mol. The van der Waals surface area contributed by atoms with E-state index in [2.05, 4.69) is 104 Å². The number of benzene rings is 2. The van der Waals surface area contributed by atoms with Gasteiger partial charge in [0.2, 0.25) is 0 Å². The highest BCUT2D eigenvalue weighted by Gasteiger charge is 2.26. The molecule has 2 aromatic carbocycles. The maximum Gasteiger partial charge on any atom is 0.191 e. The number of likely N-dealkylation sites (tertiary alicyclic amines) is 1. The number of nitrogens with zero attached hydrogens (tertiary/aromatic N) is 4. The molecule has 0 amide bonds. The van der Waals surface area contributed by atoms with Crippen LogP contribution in [0.3, 0.4) is 0 Å². The number of hydrogen-bond acceptors (Lipinski definition) is 3. The van der Waals surface area contributed by atoms with Crippen LogP contribution >= 0.6 is 0 Å². The molecule has 6 nitrogen and oxygen atoms in total. The lowest BCUT2D eigenvalue weighted by Crippen LogP contribution is -2.51. The molecule has 1 aliphatic heterocycles. The van der Waals surface area contributed by atoms with E-state index in [9.17, 15) is 0 Å². The van der Waals surface area contributed by atoms with Gasteiger partial charge < -0.3 is 15.2 Å². The summed E-state index contributed by atoms with van der Waals surface area (Å²) in [5.74, 6) is 1.88. The first-order valence-corrected chi connectivity index (χ1v) is 12.0. The molecule has 1 aromatic heterocycles. The molecule has 4 rings (SSSR count). The van der Waals surface area contributed by atoms with Crippen molar-refractivity contribution in [1.82, 2.24) is 25.1 Å². The van der Waals surface area contributed by atoms with E-state index in [4.69, 9.17) is 0 Å².